The molecule has 0 bridgehead atoms. The summed E-state index contributed by atoms with van der Waals surface area (Å²) in [5, 5.41) is 7.54. The van der Waals surface area contributed by atoms with Crippen molar-refractivity contribution < 1.29 is 32.3 Å². The lowest BCUT2D eigenvalue weighted by molar-refractivity contribution is -0.137. The van der Waals surface area contributed by atoms with E-state index in [0.29, 0.717) is 50.9 Å². The van der Waals surface area contributed by atoms with E-state index in [4.69, 9.17) is 4.74 Å². The van der Waals surface area contributed by atoms with Gasteiger partial charge in [-0.05, 0) is 78.6 Å². The number of nitrogens with one attached hydrogen (secondary N) is 3. The van der Waals surface area contributed by atoms with Crippen molar-refractivity contribution in [1.82, 2.24) is 20.4 Å². The molecule has 1 aliphatic heterocycles. The van der Waals surface area contributed by atoms with Crippen molar-refractivity contribution in [2.45, 2.75) is 83.7 Å². The van der Waals surface area contributed by atoms with Crippen molar-refractivity contribution in [2.24, 2.45) is 5.92 Å². The molecule has 1 heterocycles. The molecule has 0 aromatic heterocycles. The predicted octanol–water partition coefficient (Wildman–Crippen LogP) is 4.09. The monoisotopic (exact) mass is 569 g/mol. The molecular formula is C28H42F3N5O4. The Morgan fingerprint density at radius 2 is 1.90 bits per heavy atom. The third kappa shape index (κ3) is 7.66. The lowest BCUT2D eigenvalue weighted by Gasteiger charge is -2.44. The van der Waals surface area contributed by atoms with Crippen LogP contribution in [-0.2, 0) is 15.7 Å². The van der Waals surface area contributed by atoms with Crippen LogP contribution in [0.5, 0.6) is 0 Å². The van der Waals surface area contributed by atoms with Crippen molar-refractivity contribution >= 4 is 23.5 Å². The van der Waals surface area contributed by atoms with Crippen LogP contribution in [-0.4, -0.2) is 85.2 Å². The van der Waals surface area contributed by atoms with Gasteiger partial charge in [-0.3, -0.25) is 9.59 Å². The maximum absolute atomic E-state index is 13.5. The maximum Gasteiger partial charge on any atom is 0.416 e. The van der Waals surface area contributed by atoms with E-state index in [-0.39, 0.29) is 29.1 Å². The van der Waals surface area contributed by atoms with Crippen LogP contribution in [0.2, 0.25) is 0 Å². The summed E-state index contributed by atoms with van der Waals surface area (Å²) < 4.78 is 46.0. The third-order valence-electron chi connectivity index (χ3n) is 7.96. The molecule has 1 aromatic rings. The number of halogens is 3. The number of rotatable bonds is 10. The molecule has 12 heteroatoms. The standard InChI is InChI=1S/C28H42F3N5O4/c1-6-32-27(39)34-22-10-8-19(28(29,30)31)15-21(22)25(37)33-23-12-13-36(26(23)38)24-11-9-20(35(5)17(3)4)14-18(24)16-40-7-2/h8,10,15,17-18,20,23-24H,6-7,9,11-14,16H2,1-5H3,(H,33,37)(H2,32,34,39)/t18-,20-,23+,24+/m1/s1. The molecule has 1 aliphatic carbocycles. The van der Waals surface area contributed by atoms with Gasteiger partial charge in [0.25, 0.3) is 5.91 Å². The number of carbonyl (C=O) groups excluding carboxylic acids is 3. The quantitative estimate of drug-likeness (QED) is 0.394. The van der Waals surface area contributed by atoms with Gasteiger partial charge in [-0.25, -0.2) is 4.79 Å². The van der Waals surface area contributed by atoms with Crippen molar-refractivity contribution in [3.63, 3.8) is 0 Å². The predicted molar refractivity (Wildman–Crippen MR) is 146 cm³/mol. The molecule has 3 N–H and O–H groups in total. The molecule has 3 rings (SSSR count). The van der Waals surface area contributed by atoms with Crippen LogP contribution < -0.4 is 16.0 Å². The zero-order valence-electron chi connectivity index (χ0n) is 23.9. The summed E-state index contributed by atoms with van der Waals surface area (Å²) in [5.41, 5.74) is -1.47. The number of nitrogens with zero attached hydrogens (tertiary/aromatic N) is 2. The van der Waals surface area contributed by atoms with Gasteiger partial charge in [0.15, 0.2) is 0 Å². The molecule has 224 valence electrons. The summed E-state index contributed by atoms with van der Waals surface area (Å²) in [4.78, 5) is 42.9. The number of ether oxygens (including phenoxy) is 1. The first-order valence-electron chi connectivity index (χ1n) is 14.0. The molecule has 9 nitrogen and oxygen atoms in total. The zero-order chi connectivity index (χ0) is 29.6. The lowest BCUT2D eigenvalue weighted by Crippen LogP contribution is -2.52. The highest BCUT2D eigenvalue weighted by Gasteiger charge is 2.43. The van der Waals surface area contributed by atoms with Gasteiger partial charge >= 0.3 is 12.2 Å². The van der Waals surface area contributed by atoms with Gasteiger partial charge in [0.1, 0.15) is 6.04 Å². The lowest BCUT2D eigenvalue weighted by atomic mass is 9.80. The molecule has 1 aromatic carbocycles. The highest BCUT2D eigenvalue weighted by atomic mass is 19.4. The number of anilines is 1. The maximum atomic E-state index is 13.5. The van der Waals surface area contributed by atoms with Crippen LogP contribution in [0.15, 0.2) is 18.2 Å². The Kier molecular flexibility index (Phi) is 10.8. The Balaban J connectivity index is 1.76. The smallest absolute Gasteiger partial charge is 0.381 e. The van der Waals surface area contributed by atoms with Crippen molar-refractivity contribution in [1.29, 1.82) is 0 Å². The van der Waals surface area contributed by atoms with Crippen LogP contribution in [0.4, 0.5) is 23.7 Å². The number of urea groups is 1. The average Bonchev–Trinajstić information content (AvgIpc) is 3.25. The number of hydrogen-bond donors (Lipinski definition) is 3. The second-order valence-electron chi connectivity index (χ2n) is 10.8. The van der Waals surface area contributed by atoms with Crippen molar-refractivity contribution in [3.05, 3.63) is 29.3 Å². The molecule has 4 amide bonds. The summed E-state index contributed by atoms with van der Waals surface area (Å²) in [5.74, 6) is -0.971. The Labute approximate surface area is 234 Å². The topological polar surface area (TPSA) is 103 Å². The highest BCUT2D eigenvalue weighted by molar-refractivity contribution is 6.05. The number of hydrogen-bond acceptors (Lipinski definition) is 5. The normalized spacial score (nSPS) is 23.6. The molecule has 0 radical (unpaired) electrons. The van der Waals surface area contributed by atoms with E-state index in [9.17, 15) is 27.6 Å². The van der Waals surface area contributed by atoms with Crippen LogP contribution >= 0.6 is 0 Å². The van der Waals surface area contributed by atoms with Crippen molar-refractivity contribution in [2.75, 3.05) is 38.7 Å². The summed E-state index contributed by atoms with van der Waals surface area (Å²) in [6, 6.07) is 1.74. The van der Waals surface area contributed by atoms with Crippen LogP contribution in [0, 0.1) is 5.92 Å². The first-order chi connectivity index (χ1) is 18.9. The van der Waals surface area contributed by atoms with Gasteiger partial charge in [0.2, 0.25) is 5.91 Å². The fourth-order valence-corrected chi connectivity index (χ4v) is 5.62. The second-order valence-corrected chi connectivity index (χ2v) is 10.8. The second kappa shape index (κ2) is 13.7. The molecule has 4 atom stereocenters. The van der Waals surface area contributed by atoms with Crippen molar-refractivity contribution in [3.8, 4) is 0 Å². The minimum atomic E-state index is -4.68. The van der Waals surface area contributed by atoms with Crippen LogP contribution in [0.1, 0.15) is 69.3 Å². The van der Waals surface area contributed by atoms with E-state index in [0.717, 1.165) is 31.4 Å². The Bertz CT molecular complexity index is 1050. The van der Waals surface area contributed by atoms with Gasteiger partial charge in [-0.1, -0.05) is 0 Å². The Morgan fingerprint density at radius 3 is 2.52 bits per heavy atom. The van der Waals surface area contributed by atoms with E-state index in [2.05, 4.69) is 41.7 Å². The SMILES string of the molecule is CCNC(=O)Nc1ccc(C(F)(F)F)cc1C(=O)N[C@H]1CCN([C@H]2CC[C@@H](N(C)C(C)C)C[C@@H]2COCC)C1=O. The van der Waals surface area contributed by atoms with E-state index in [1.165, 1.54) is 0 Å². The summed E-state index contributed by atoms with van der Waals surface area (Å²) >= 11 is 0. The molecule has 40 heavy (non-hydrogen) atoms. The zero-order valence-corrected chi connectivity index (χ0v) is 23.9. The van der Waals surface area contributed by atoms with Gasteiger partial charge in [0, 0.05) is 43.7 Å². The number of benzene rings is 1. The van der Waals surface area contributed by atoms with Crippen LogP contribution in [0.3, 0.4) is 0 Å². The van der Waals surface area contributed by atoms with E-state index in [1.54, 1.807) is 11.8 Å². The third-order valence-corrected chi connectivity index (χ3v) is 7.96. The van der Waals surface area contributed by atoms with Gasteiger partial charge in [0.05, 0.1) is 23.4 Å². The summed E-state index contributed by atoms with van der Waals surface area (Å²) in [7, 11) is 2.11. The van der Waals surface area contributed by atoms with Crippen LogP contribution in [0.25, 0.3) is 0 Å². The van der Waals surface area contributed by atoms with Gasteiger partial charge in [-0.2, -0.15) is 13.2 Å². The minimum absolute atomic E-state index is 0.0405. The number of alkyl halides is 3. The Hall–Kier alpha value is -2.86. The van der Waals surface area contributed by atoms with Gasteiger partial charge < -0.3 is 30.5 Å². The van der Waals surface area contributed by atoms with E-state index >= 15 is 0 Å². The molecular weight excluding hydrogens is 527 g/mol. The summed E-state index contributed by atoms with van der Waals surface area (Å²) in [6.45, 7) is 9.77. The fraction of sp³-hybridized carbons (Fsp3) is 0.679. The molecule has 0 unspecified atom stereocenters. The molecule has 2 aliphatic rings. The van der Waals surface area contributed by atoms with E-state index < -0.39 is 29.7 Å². The largest absolute Gasteiger partial charge is 0.416 e. The van der Waals surface area contributed by atoms with E-state index in [1.807, 2.05) is 6.92 Å². The molecule has 1 saturated carbocycles. The minimum Gasteiger partial charge on any atom is -0.381 e. The first-order valence-corrected chi connectivity index (χ1v) is 14.0. The highest BCUT2D eigenvalue weighted by Crippen LogP contribution is 2.35. The molecule has 2 fully saturated rings. The fourth-order valence-electron chi connectivity index (χ4n) is 5.62. The molecule has 1 saturated heterocycles. The number of amides is 4. The molecule has 0 spiro atoms. The van der Waals surface area contributed by atoms with Gasteiger partial charge in [-0.15, -0.1) is 0 Å². The number of likely N-dealkylation sites (tertiary alicyclic amines) is 1. The summed E-state index contributed by atoms with van der Waals surface area (Å²) in [6.07, 6.45) is -1.71. The first kappa shape index (κ1) is 31.7. The number of carbonyl (C=O) groups is 3. The average molecular weight is 570 g/mol. The Morgan fingerprint density at radius 1 is 1.18 bits per heavy atom.